The van der Waals surface area contributed by atoms with Crippen LogP contribution in [0.25, 0.3) is 0 Å². The Morgan fingerprint density at radius 1 is 1.20 bits per heavy atom. The van der Waals surface area contributed by atoms with Crippen molar-refractivity contribution in [3.05, 3.63) is 35.9 Å². The maximum atomic E-state index is 12.9. The zero-order valence-corrected chi connectivity index (χ0v) is 18.9. The summed E-state index contributed by atoms with van der Waals surface area (Å²) in [5.74, 6) is -0.728. The summed E-state index contributed by atoms with van der Waals surface area (Å²) in [6.45, 7) is 9.64. The van der Waals surface area contributed by atoms with Gasteiger partial charge in [0.05, 0.1) is 30.2 Å². The molecule has 30 heavy (non-hydrogen) atoms. The topological polar surface area (TPSA) is 88.1 Å². The van der Waals surface area contributed by atoms with Gasteiger partial charge in [0.1, 0.15) is 5.60 Å². The number of amides is 2. The summed E-state index contributed by atoms with van der Waals surface area (Å²) < 4.78 is 11.2. The first-order chi connectivity index (χ1) is 14.0. The third-order valence-electron chi connectivity index (χ3n) is 5.47. The van der Waals surface area contributed by atoms with E-state index in [1.165, 1.54) is 0 Å². The van der Waals surface area contributed by atoms with Crippen LogP contribution in [0, 0.1) is 5.92 Å². The molecular formula is C23H36N2O5. The predicted molar refractivity (Wildman–Crippen MR) is 115 cm³/mol. The van der Waals surface area contributed by atoms with Crippen LogP contribution in [0.4, 0.5) is 4.79 Å². The molecule has 1 fully saturated rings. The molecule has 1 aromatic rings. The van der Waals surface area contributed by atoms with Crippen LogP contribution in [0.5, 0.6) is 0 Å². The Balaban J connectivity index is 2.04. The van der Waals surface area contributed by atoms with Gasteiger partial charge < -0.3 is 24.8 Å². The number of aliphatic hydroxyl groups excluding tert-OH is 1. The average Bonchev–Trinajstić information content (AvgIpc) is 3.16. The molecule has 2 rings (SSSR count). The number of rotatable bonds is 7. The molecule has 0 unspecified atom stereocenters. The molecule has 2 amide bonds. The molecule has 7 heteroatoms. The minimum absolute atomic E-state index is 0.222. The fraction of sp³-hybridized carbons (Fsp3) is 0.652. The number of likely N-dealkylation sites (tertiary alicyclic amines) is 1. The number of nitrogens with one attached hydrogen (secondary N) is 1. The maximum Gasteiger partial charge on any atom is 0.410 e. The van der Waals surface area contributed by atoms with Gasteiger partial charge in [0, 0.05) is 13.7 Å². The number of hydrogen-bond acceptors (Lipinski definition) is 5. The average molecular weight is 421 g/mol. The minimum atomic E-state index is -0.812. The van der Waals surface area contributed by atoms with Gasteiger partial charge in [0.25, 0.3) is 0 Å². The van der Waals surface area contributed by atoms with E-state index in [4.69, 9.17) is 9.47 Å². The van der Waals surface area contributed by atoms with E-state index in [0.717, 1.165) is 18.4 Å². The van der Waals surface area contributed by atoms with Gasteiger partial charge in [-0.3, -0.25) is 4.79 Å². The highest BCUT2D eigenvalue weighted by atomic mass is 16.6. The third kappa shape index (κ3) is 6.19. The molecule has 1 aliphatic rings. The summed E-state index contributed by atoms with van der Waals surface area (Å²) in [5, 5.41) is 13.4. The zero-order valence-electron chi connectivity index (χ0n) is 18.9. The number of nitrogens with zero attached hydrogens (tertiary/aromatic N) is 1. The summed E-state index contributed by atoms with van der Waals surface area (Å²) in [7, 11) is 1.56. The first kappa shape index (κ1) is 24.2. The van der Waals surface area contributed by atoms with Crippen molar-refractivity contribution in [1.82, 2.24) is 10.2 Å². The molecule has 5 atom stereocenters. The number of carbonyl (C=O) groups excluding carboxylic acids is 2. The number of ether oxygens (including phenoxy) is 2. The molecular weight excluding hydrogens is 384 g/mol. The lowest BCUT2D eigenvalue weighted by molar-refractivity contribution is -0.132. The van der Waals surface area contributed by atoms with Crippen LogP contribution >= 0.6 is 0 Å². The fourth-order valence-electron chi connectivity index (χ4n) is 3.90. The Morgan fingerprint density at radius 2 is 1.83 bits per heavy atom. The lowest BCUT2D eigenvalue weighted by atomic mass is 9.94. The molecule has 0 bridgehead atoms. The summed E-state index contributed by atoms with van der Waals surface area (Å²) in [6, 6.07) is 8.52. The highest BCUT2D eigenvalue weighted by molar-refractivity contribution is 5.79. The lowest BCUT2D eigenvalue weighted by Gasteiger charge is -2.35. The van der Waals surface area contributed by atoms with Crippen LogP contribution < -0.4 is 5.32 Å². The number of carbonyl (C=O) groups is 2. The molecule has 0 aliphatic carbocycles. The zero-order chi connectivity index (χ0) is 22.5. The van der Waals surface area contributed by atoms with E-state index in [-0.39, 0.29) is 18.0 Å². The number of benzene rings is 1. The number of aliphatic hydroxyl groups is 1. The van der Waals surface area contributed by atoms with Crippen molar-refractivity contribution < 1.29 is 24.2 Å². The Bertz CT molecular complexity index is 703. The van der Waals surface area contributed by atoms with Crippen LogP contribution in [-0.2, 0) is 14.3 Å². The van der Waals surface area contributed by atoms with Gasteiger partial charge in [-0.05, 0) is 46.1 Å². The van der Waals surface area contributed by atoms with Gasteiger partial charge >= 0.3 is 6.09 Å². The van der Waals surface area contributed by atoms with Crippen molar-refractivity contribution in [2.45, 2.75) is 77.4 Å². The van der Waals surface area contributed by atoms with E-state index in [1.54, 1.807) is 25.9 Å². The van der Waals surface area contributed by atoms with Gasteiger partial charge in [-0.15, -0.1) is 0 Å². The summed E-state index contributed by atoms with van der Waals surface area (Å²) in [4.78, 5) is 27.2. The molecule has 1 saturated heterocycles. The van der Waals surface area contributed by atoms with Crippen LogP contribution in [0.1, 0.15) is 59.1 Å². The van der Waals surface area contributed by atoms with Crippen molar-refractivity contribution in [3.63, 3.8) is 0 Å². The van der Waals surface area contributed by atoms with Crippen LogP contribution in [0.3, 0.4) is 0 Å². The van der Waals surface area contributed by atoms with E-state index in [1.807, 2.05) is 51.1 Å². The van der Waals surface area contributed by atoms with Crippen molar-refractivity contribution in [2.24, 2.45) is 5.92 Å². The summed E-state index contributed by atoms with van der Waals surface area (Å²) in [6.07, 6.45) is -0.0830. The molecule has 1 aromatic carbocycles. The highest BCUT2D eigenvalue weighted by Gasteiger charge is 2.41. The molecule has 7 nitrogen and oxygen atoms in total. The molecule has 2 N–H and O–H groups in total. The third-order valence-corrected chi connectivity index (χ3v) is 5.47. The number of methoxy groups -OCH3 is 1. The molecule has 0 aromatic heterocycles. The highest BCUT2D eigenvalue weighted by Crippen LogP contribution is 2.28. The Kier molecular flexibility index (Phi) is 8.26. The SMILES string of the molecule is CO[C@H]([C@H]1CCCN1C(=O)OC(C)(C)C)[C@@H](C)C(=O)N[C@H](C)[C@@H](O)c1ccccc1. The van der Waals surface area contributed by atoms with Gasteiger partial charge in [0.15, 0.2) is 0 Å². The monoisotopic (exact) mass is 420 g/mol. The molecule has 0 radical (unpaired) electrons. The van der Waals surface area contributed by atoms with Crippen molar-refractivity contribution in [1.29, 1.82) is 0 Å². The summed E-state index contributed by atoms with van der Waals surface area (Å²) in [5.41, 5.74) is 0.159. The largest absolute Gasteiger partial charge is 0.444 e. The maximum absolute atomic E-state index is 12.9. The minimum Gasteiger partial charge on any atom is -0.444 e. The Hall–Kier alpha value is -2.12. The smallest absolute Gasteiger partial charge is 0.410 e. The van der Waals surface area contributed by atoms with Crippen molar-refractivity contribution in [2.75, 3.05) is 13.7 Å². The second-order valence-corrected chi connectivity index (χ2v) is 9.03. The normalized spacial score (nSPS) is 20.9. The standard InChI is InChI=1S/C23H36N2O5/c1-15(21(27)24-16(2)19(26)17-11-8-7-9-12-17)20(29-6)18-13-10-14-25(18)22(28)30-23(3,4)5/h7-9,11-12,15-16,18-20,26H,10,13-14H2,1-6H3,(H,24,27)/t15-,16-,18-,19-,20+/m1/s1. The van der Waals surface area contributed by atoms with Crippen LogP contribution in [-0.4, -0.2) is 59.5 Å². The van der Waals surface area contributed by atoms with Crippen molar-refractivity contribution in [3.8, 4) is 0 Å². The van der Waals surface area contributed by atoms with E-state index in [2.05, 4.69) is 5.32 Å². The molecule has 1 heterocycles. The van der Waals surface area contributed by atoms with E-state index < -0.39 is 29.8 Å². The fourth-order valence-corrected chi connectivity index (χ4v) is 3.90. The second-order valence-electron chi connectivity index (χ2n) is 9.03. The molecule has 168 valence electrons. The van der Waals surface area contributed by atoms with Crippen LogP contribution in [0.15, 0.2) is 30.3 Å². The Labute approximate surface area is 179 Å². The van der Waals surface area contributed by atoms with E-state index >= 15 is 0 Å². The second kappa shape index (κ2) is 10.3. The first-order valence-corrected chi connectivity index (χ1v) is 10.6. The molecule has 0 saturated carbocycles. The quantitative estimate of drug-likeness (QED) is 0.707. The van der Waals surface area contributed by atoms with Gasteiger partial charge in [-0.2, -0.15) is 0 Å². The first-order valence-electron chi connectivity index (χ1n) is 10.6. The Morgan fingerprint density at radius 3 is 2.40 bits per heavy atom. The predicted octanol–water partition coefficient (Wildman–Crippen LogP) is 3.28. The van der Waals surface area contributed by atoms with E-state index in [0.29, 0.717) is 6.54 Å². The van der Waals surface area contributed by atoms with Gasteiger partial charge in [0.2, 0.25) is 5.91 Å². The number of hydrogen-bond donors (Lipinski definition) is 2. The van der Waals surface area contributed by atoms with Crippen molar-refractivity contribution >= 4 is 12.0 Å². The lowest BCUT2D eigenvalue weighted by Crippen LogP contribution is -2.51. The van der Waals surface area contributed by atoms with Crippen LogP contribution in [0.2, 0.25) is 0 Å². The van der Waals surface area contributed by atoms with Gasteiger partial charge in [-0.1, -0.05) is 37.3 Å². The molecule has 0 spiro atoms. The summed E-state index contributed by atoms with van der Waals surface area (Å²) >= 11 is 0. The van der Waals surface area contributed by atoms with E-state index in [9.17, 15) is 14.7 Å². The van der Waals surface area contributed by atoms with Gasteiger partial charge in [-0.25, -0.2) is 4.79 Å². The molecule has 1 aliphatic heterocycles.